The minimum absolute atomic E-state index is 0.405. The van der Waals surface area contributed by atoms with E-state index in [0.29, 0.717) is 12.1 Å². The molecule has 1 aliphatic carbocycles. The van der Waals surface area contributed by atoms with Gasteiger partial charge in [0, 0.05) is 18.2 Å². The van der Waals surface area contributed by atoms with E-state index in [2.05, 4.69) is 51.2 Å². The van der Waals surface area contributed by atoms with Crippen LogP contribution in [0.15, 0.2) is 18.2 Å². The number of ether oxygens (including phenoxy) is 1. The number of para-hydroxylation sites is 1. The highest BCUT2D eigenvalue weighted by atomic mass is 16.5. The van der Waals surface area contributed by atoms with E-state index < -0.39 is 0 Å². The van der Waals surface area contributed by atoms with Crippen molar-refractivity contribution in [2.45, 2.75) is 78.5 Å². The van der Waals surface area contributed by atoms with Gasteiger partial charge in [-0.25, -0.2) is 0 Å². The van der Waals surface area contributed by atoms with Crippen LogP contribution in [0.1, 0.15) is 64.0 Å². The fourth-order valence-electron chi connectivity index (χ4n) is 3.28. The van der Waals surface area contributed by atoms with Gasteiger partial charge in [-0.3, -0.25) is 0 Å². The lowest BCUT2D eigenvalue weighted by Gasteiger charge is -2.32. The Kier molecular flexibility index (Phi) is 6.10. The molecule has 0 spiro atoms. The molecule has 2 heteroatoms. The van der Waals surface area contributed by atoms with Gasteiger partial charge < -0.3 is 10.1 Å². The normalized spacial score (nSPS) is 22.5. The Bertz CT molecular complexity index is 441. The van der Waals surface area contributed by atoms with Gasteiger partial charge in [-0.05, 0) is 44.1 Å². The summed E-state index contributed by atoms with van der Waals surface area (Å²) < 4.78 is 6.51. The molecule has 1 aromatic carbocycles. The zero-order chi connectivity index (χ0) is 15.2. The first-order chi connectivity index (χ1) is 10.1. The molecule has 1 aromatic rings. The monoisotopic (exact) mass is 289 g/mol. The summed E-state index contributed by atoms with van der Waals surface area (Å²) in [7, 11) is 0. The van der Waals surface area contributed by atoms with Crippen LogP contribution in [-0.4, -0.2) is 12.1 Å². The third-order valence-electron chi connectivity index (χ3n) is 4.63. The molecule has 0 heterocycles. The molecule has 1 aliphatic rings. The Hall–Kier alpha value is -1.02. The second kappa shape index (κ2) is 7.84. The van der Waals surface area contributed by atoms with Crippen LogP contribution in [0, 0.1) is 12.8 Å². The molecule has 2 atom stereocenters. The van der Waals surface area contributed by atoms with E-state index in [0.717, 1.165) is 18.2 Å². The van der Waals surface area contributed by atoms with E-state index in [9.17, 15) is 0 Å². The molecule has 2 nitrogen and oxygen atoms in total. The van der Waals surface area contributed by atoms with Crippen LogP contribution >= 0.6 is 0 Å². The van der Waals surface area contributed by atoms with Crippen LogP contribution < -0.4 is 10.1 Å². The van der Waals surface area contributed by atoms with Crippen LogP contribution in [0.25, 0.3) is 0 Å². The van der Waals surface area contributed by atoms with E-state index in [4.69, 9.17) is 4.74 Å². The Morgan fingerprint density at radius 1 is 1.24 bits per heavy atom. The van der Waals surface area contributed by atoms with Crippen LogP contribution in [0.3, 0.4) is 0 Å². The zero-order valence-electron chi connectivity index (χ0n) is 14.1. The van der Waals surface area contributed by atoms with E-state index in [1.165, 1.54) is 43.2 Å². The molecule has 0 aliphatic heterocycles. The molecule has 0 radical (unpaired) electrons. The molecule has 0 saturated heterocycles. The molecule has 1 N–H and O–H groups in total. The van der Waals surface area contributed by atoms with Gasteiger partial charge in [0.25, 0.3) is 0 Å². The summed E-state index contributed by atoms with van der Waals surface area (Å²) in [4.78, 5) is 0. The first kappa shape index (κ1) is 16.4. The van der Waals surface area contributed by atoms with Crippen molar-refractivity contribution in [3.05, 3.63) is 29.3 Å². The number of hydrogen-bond acceptors (Lipinski definition) is 2. The Balaban J connectivity index is 2.13. The first-order valence-electron chi connectivity index (χ1n) is 8.60. The predicted molar refractivity (Wildman–Crippen MR) is 89.8 cm³/mol. The van der Waals surface area contributed by atoms with Gasteiger partial charge in [0.2, 0.25) is 0 Å². The lowest BCUT2D eigenvalue weighted by atomic mass is 9.84. The summed E-state index contributed by atoms with van der Waals surface area (Å²) >= 11 is 0. The third-order valence-corrected chi connectivity index (χ3v) is 4.63. The summed E-state index contributed by atoms with van der Waals surface area (Å²) in [6.45, 7) is 9.72. The molecule has 21 heavy (non-hydrogen) atoms. The maximum Gasteiger partial charge on any atom is 0.127 e. The van der Waals surface area contributed by atoms with Gasteiger partial charge in [-0.1, -0.05) is 45.4 Å². The van der Waals surface area contributed by atoms with Crippen LogP contribution in [-0.2, 0) is 6.54 Å². The number of rotatable bonds is 6. The van der Waals surface area contributed by atoms with Crippen molar-refractivity contribution in [2.24, 2.45) is 5.92 Å². The van der Waals surface area contributed by atoms with E-state index in [1.54, 1.807) is 0 Å². The average Bonchev–Trinajstić information content (AvgIpc) is 2.48. The van der Waals surface area contributed by atoms with Gasteiger partial charge in [0.15, 0.2) is 0 Å². The topological polar surface area (TPSA) is 21.3 Å². The molecule has 118 valence electrons. The van der Waals surface area contributed by atoms with Gasteiger partial charge in [-0.2, -0.15) is 0 Å². The molecule has 0 bridgehead atoms. The highest BCUT2D eigenvalue weighted by Gasteiger charge is 2.26. The second-order valence-corrected chi connectivity index (χ2v) is 6.71. The minimum atomic E-state index is 0.405. The van der Waals surface area contributed by atoms with Gasteiger partial charge in [0.05, 0.1) is 0 Å². The SMILES string of the molecule is CCC1CCCCC1Oc1c(C)cccc1CNC(C)C. The van der Waals surface area contributed by atoms with Crippen LogP contribution in [0.2, 0.25) is 0 Å². The Labute approximate surface area is 130 Å². The molecule has 1 saturated carbocycles. The third kappa shape index (κ3) is 4.47. The van der Waals surface area contributed by atoms with Crippen molar-refractivity contribution in [2.75, 3.05) is 0 Å². The summed E-state index contributed by atoms with van der Waals surface area (Å²) in [6.07, 6.45) is 6.86. The highest BCUT2D eigenvalue weighted by Crippen LogP contribution is 2.33. The lowest BCUT2D eigenvalue weighted by Crippen LogP contribution is -2.31. The average molecular weight is 289 g/mol. The maximum absolute atomic E-state index is 6.51. The quantitative estimate of drug-likeness (QED) is 0.809. The largest absolute Gasteiger partial charge is 0.490 e. The first-order valence-corrected chi connectivity index (χ1v) is 8.60. The summed E-state index contributed by atoms with van der Waals surface area (Å²) in [6, 6.07) is 6.99. The van der Waals surface area contributed by atoms with E-state index in [-0.39, 0.29) is 0 Å². The minimum Gasteiger partial charge on any atom is -0.490 e. The molecule has 2 rings (SSSR count). The van der Waals surface area contributed by atoms with Crippen LogP contribution in [0.4, 0.5) is 0 Å². The highest BCUT2D eigenvalue weighted by molar-refractivity contribution is 5.41. The number of aryl methyl sites for hydroxylation is 1. The zero-order valence-corrected chi connectivity index (χ0v) is 14.1. The molecule has 0 amide bonds. The Morgan fingerprint density at radius 2 is 2.00 bits per heavy atom. The molecule has 1 fully saturated rings. The smallest absolute Gasteiger partial charge is 0.127 e. The van der Waals surface area contributed by atoms with Crippen molar-refractivity contribution in [1.29, 1.82) is 0 Å². The van der Waals surface area contributed by atoms with E-state index in [1.807, 2.05) is 0 Å². The second-order valence-electron chi connectivity index (χ2n) is 6.71. The number of hydrogen-bond donors (Lipinski definition) is 1. The standard InChI is InChI=1S/C19H31NO/c1-5-16-10-6-7-12-18(16)21-19-15(4)9-8-11-17(19)13-20-14(2)3/h8-9,11,14,16,18,20H,5-7,10,12-13H2,1-4H3. The molecular weight excluding hydrogens is 258 g/mol. The van der Waals surface area contributed by atoms with Crippen molar-refractivity contribution in [1.82, 2.24) is 5.32 Å². The van der Waals surface area contributed by atoms with Gasteiger partial charge in [0.1, 0.15) is 11.9 Å². The predicted octanol–water partition coefficient (Wildman–Crippen LogP) is 4.84. The molecular formula is C19H31NO. The maximum atomic E-state index is 6.51. The van der Waals surface area contributed by atoms with Crippen molar-refractivity contribution >= 4 is 0 Å². The number of nitrogens with one attached hydrogen (secondary N) is 1. The van der Waals surface area contributed by atoms with Crippen molar-refractivity contribution in [3.8, 4) is 5.75 Å². The fraction of sp³-hybridized carbons (Fsp3) is 0.684. The van der Waals surface area contributed by atoms with Crippen LogP contribution in [0.5, 0.6) is 5.75 Å². The molecule has 2 unspecified atom stereocenters. The van der Waals surface area contributed by atoms with Crippen molar-refractivity contribution in [3.63, 3.8) is 0 Å². The number of benzene rings is 1. The van der Waals surface area contributed by atoms with E-state index >= 15 is 0 Å². The summed E-state index contributed by atoms with van der Waals surface area (Å²) in [5.41, 5.74) is 2.56. The summed E-state index contributed by atoms with van der Waals surface area (Å²) in [5, 5.41) is 3.51. The Morgan fingerprint density at radius 3 is 2.71 bits per heavy atom. The molecule has 0 aromatic heterocycles. The van der Waals surface area contributed by atoms with Gasteiger partial charge in [-0.15, -0.1) is 0 Å². The van der Waals surface area contributed by atoms with Gasteiger partial charge >= 0.3 is 0 Å². The summed E-state index contributed by atoms with van der Waals surface area (Å²) in [5.74, 6) is 1.85. The fourth-order valence-corrected chi connectivity index (χ4v) is 3.28. The lowest BCUT2D eigenvalue weighted by molar-refractivity contribution is 0.0885. The van der Waals surface area contributed by atoms with Crippen molar-refractivity contribution < 1.29 is 4.74 Å².